The van der Waals surface area contributed by atoms with E-state index in [4.69, 9.17) is 10.9 Å². The fourth-order valence-corrected chi connectivity index (χ4v) is 2.26. The van der Waals surface area contributed by atoms with Crippen LogP contribution in [0.1, 0.15) is 32.6 Å². The van der Waals surface area contributed by atoms with Crippen LogP contribution in [-0.4, -0.2) is 48.0 Å². The van der Waals surface area contributed by atoms with E-state index in [2.05, 4.69) is 22.4 Å². The fourth-order valence-electron chi connectivity index (χ4n) is 2.26. The molecule has 0 saturated heterocycles. The number of hydrogen-bond acceptors (Lipinski definition) is 4. The van der Waals surface area contributed by atoms with Crippen molar-refractivity contribution in [2.45, 2.75) is 38.6 Å². The third-order valence-corrected chi connectivity index (χ3v) is 3.66. The van der Waals surface area contributed by atoms with Crippen LogP contribution in [0.5, 0.6) is 0 Å². The molecule has 1 atom stereocenters. The van der Waals surface area contributed by atoms with Gasteiger partial charge in [0.1, 0.15) is 0 Å². The summed E-state index contributed by atoms with van der Waals surface area (Å²) in [6.45, 7) is 3.04. The molecule has 104 valence electrons. The molecule has 0 spiro atoms. The number of likely N-dealkylation sites (N-methyl/N-ethyl adjacent to an activating group) is 1. The minimum Gasteiger partial charge on any atom is -0.409 e. The van der Waals surface area contributed by atoms with Gasteiger partial charge in [-0.2, -0.15) is 0 Å². The molecule has 1 aliphatic carbocycles. The monoisotopic (exact) mass is 256 g/mol. The predicted molar refractivity (Wildman–Crippen MR) is 70.5 cm³/mol. The van der Waals surface area contributed by atoms with E-state index >= 15 is 0 Å². The van der Waals surface area contributed by atoms with E-state index in [1.54, 1.807) is 6.92 Å². The van der Waals surface area contributed by atoms with Crippen molar-refractivity contribution < 1.29 is 10.0 Å². The molecule has 0 aromatic heterocycles. The SMILES string of the molecule is CC(C(=O)NCCN(C)C1CCCC1)C(N)=NO. The van der Waals surface area contributed by atoms with E-state index < -0.39 is 5.92 Å². The van der Waals surface area contributed by atoms with Crippen LogP contribution in [0, 0.1) is 5.92 Å². The van der Waals surface area contributed by atoms with Crippen molar-refractivity contribution >= 4 is 11.7 Å². The normalized spacial score (nSPS) is 19.2. The van der Waals surface area contributed by atoms with Crippen LogP contribution < -0.4 is 11.1 Å². The van der Waals surface area contributed by atoms with E-state index in [-0.39, 0.29) is 11.7 Å². The van der Waals surface area contributed by atoms with Gasteiger partial charge in [0.15, 0.2) is 5.84 Å². The zero-order chi connectivity index (χ0) is 13.5. The first-order valence-corrected chi connectivity index (χ1v) is 6.51. The zero-order valence-electron chi connectivity index (χ0n) is 11.2. The molecule has 1 amide bonds. The van der Waals surface area contributed by atoms with Crippen molar-refractivity contribution in [1.29, 1.82) is 0 Å². The van der Waals surface area contributed by atoms with E-state index in [1.807, 2.05) is 0 Å². The van der Waals surface area contributed by atoms with Crippen LogP contribution in [0.25, 0.3) is 0 Å². The number of rotatable bonds is 6. The van der Waals surface area contributed by atoms with Gasteiger partial charge in [-0.25, -0.2) is 0 Å². The Hall–Kier alpha value is -1.30. The van der Waals surface area contributed by atoms with Gasteiger partial charge in [-0.1, -0.05) is 18.0 Å². The molecular weight excluding hydrogens is 232 g/mol. The Balaban J connectivity index is 2.22. The second-order valence-corrected chi connectivity index (χ2v) is 4.96. The summed E-state index contributed by atoms with van der Waals surface area (Å²) in [4.78, 5) is 13.9. The average Bonchev–Trinajstić information content (AvgIpc) is 2.90. The van der Waals surface area contributed by atoms with Gasteiger partial charge in [0, 0.05) is 19.1 Å². The predicted octanol–water partition coefficient (Wildman–Crippen LogP) is 0.360. The molecule has 0 aromatic carbocycles. The summed E-state index contributed by atoms with van der Waals surface area (Å²) in [7, 11) is 2.09. The second kappa shape index (κ2) is 7.20. The van der Waals surface area contributed by atoms with Gasteiger partial charge in [-0.3, -0.25) is 4.79 Å². The summed E-state index contributed by atoms with van der Waals surface area (Å²) in [5.74, 6) is -0.853. The summed E-state index contributed by atoms with van der Waals surface area (Å²) in [5, 5.41) is 14.1. The van der Waals surface area contributed by atoms with Gasteiger partial charge in [0.05, 0.1) is 5.92 Å². The molecule has 0 heterocycles. The number of nitrogens with zero attached hydrogens (tertiary/aromatic N) is 2. The molecule has 1 aliphatic rings. The molecule has 6 nitrogen and oxygen atoms in total. The number of carbonyl (C=O) groups is 1. The van der Waals surface area contributed by atoms with Crippen LogP contribution in [0.15, 0.2) is 5.16 Å². The van der Waals surface area contributed by atoms with E-state index in [0.29, 0.717) is 12.6 Å². The van der Waals surface area contributed by atoms with Crippen LogP contribution >= 0.6 is 0 Å². The largest absolute Gasteiger partial charge is 0.409 e. The van der Waals surface area contributed by atoms with Crippen LogP contribution in [0.2, 0.25) is 0 Å². The van der Waals surface area contributed by atoms with Gasteiger partial charge in [0.25, 0.3) is 0 Å². The third kappa shape index (κ3) is 4.18. The third-order valence-electron chi connectivity index (χ3n) is 3.66. The first-order chi connectivity index (χ1) is 8.56. The Morgan fingerprint density at radius 3 is 2.72 bits per heavy atom. The summed E-state index contributed by atoms with van der Waals surface area (Å²) < 4.78 is 0. The highest BCUT2D eigenvalue weighted by molar-refractivity contribution is 6.01. The first kappa shape index (κ1) is 14.8. The van der Waals surface area contributed by atoms with Crippen molar-refractivity contribution in [3.8, 4) is 0 Å². The van der Waals surface area contributed by atoms with Crippen LogP contribution in [0.4, 0.5) is 0 Å². The standard InChI is InChI=1S/C12H24N4O2/c1-9(11(13)15-18)12(17)14-7-8-16(2)10-5-3-4-6-10/h9-10,18H,3-8H2,1-2H3,(H2,13,15)(H,14,17). The van der Waals surface area contributed by atoms with Crippen molar-refractivity contribution in [1.82, 2.24) is 10.2 Å². The highest BCUT2D eigenvalue weighted by Gasteiger charge is 2.20. The number of oxime groups is 1. The van der Waals surface area contributed by atoms with Gasteiger partial charge in [-0.15, -0.1) is 0 Å². The minimum absolute atomic E-state index is 0.0587. The lowest BCUT2D eigenvalue weighted by Gasteiger charge is -2.24. The maximum absolute atomic E-state index is 11.6. The maximum atomic E-state index is 11.6. The van der Waals surface area contributed by atoms with Crippen molar-refractivity contribution in [3.05, 3.63) is 0 Å². The van der Waals surface area contributed by atoms with Crippen molar-refractivity contribution in [2.75, 3.05) is 20.1 Å². The molecule has 0 aromatic rings. The molecule has 4 N–H and O–H groups in total. The molecule has 1 unspecified atom stereocenters. The van der Waals surface area contributed by atoms with Gasteiger partial charge in [-0.05, 0) is 26.8 Å². The number of amides is 1. The molecule has 1 rings (SSSR count). The lowest BCUT2D eigenvalue weighted by molar-refractivity contribution is -0.122. The van der Waals surface area contributed by atoms with Crippen LogP contribution in [0.3, 0.4) is 0 Å². The maximum Gasteiger partial charge on any atom is 0.230 e. The molecule has 1 fully saturated rings. The fraction of sp³-hybridized carbons (Fsp3) is 0.833. The Morgan fingerprint density at radius 2 is 2.17 bits per heavy atom. The van der Waals surface area contributed by atoms with E-state index in [9.17, 15) is 4.79 Å². The summed E-state index contributed by atoms with van der Waals surface area (Å²) in [5.41, 5.74) is 5.38. The number of hydrogen-bond donors (Lipinski definition) is 3. The summed E-state index contributed by atoms with van der Waals surface area (Å²) in [6.07, 6.45) is 5.12. The first-order valence-electron chi connectivity index (χ1n) is 6.51. The quantitative estimate of drug-likeness (QED) is 0.277. The zero-order valence-corrected chi connectivity index (χ0v) is 11.2. The molecule has 6 heteroatoms. The highest BCUT2D eigenvalue weighted by atomic mass is 16.4. The molecule has 0 bridgehead atoms. The molecule has 1 saturated carbocycles. The topological polar surface area (TPSA) is 91.0 Å². The number of carbonyl (C=O) groups excluding carboxylic acids is 1. The summed E-state index contributed by atoms with van der Waals surface area (Å²) >= 11 is 0. The molecule has 18 heavy (non-hydrogen) atoms. The second-order valence-electron chi connectivity index (χ2n) is 4.96. The van der Waals surface area contributed by atoms with E-state index in [0.717, 1.165) is 6.54 Å². The Bertz CT molecular complexity index is 300. The van der Waals surface area contributed by atoms with Gasteiger partial charge < -0.3 is 21.2 Å². The smallest absolute Gasteiger partial charge is 0.230 e. The van der Waals surface area contributed by atoms with Gasteiger partial charge >= 0.3 is 0 Å². The van der Waals surface area contributed by atoms with Crippen molar-refractivity contribution in [3.63, 3.8) is 0 Å². The number of amidine groups is 1. The number of nitrogens with two attached hydrogens (primary N) is 1. The minimum atomic E-state index is -0.591. The Morgan fingerprint density at radius 1 is 1.56 bits per heavy atom. The Kier molecular flexibility index (Phi) is 5.91. The van der Waals surface area contributed by atoms with Crippen molar-refractivity contribution in [2.24, 2.45) is 16.8 Å². The molecule has 0 radical (unpaired) electrons. The lowest BCUT2D eigenvalue weighted by Crippen LogP contribution is -2.41. The Labute approximate surface area is 108 Å². The number of nitrogens with one attached hydrogen (secondary N) is 1. The van der Waals surface area contributed by atoms with Crippen LogP contribution in [-0.2, 0) is 4.79 Å². The summed E-state index contributed by atoms with van der Waals surface area (Å²) in [6, 6.07) is 0.656. The molecule has 0 aliphatic heterocycles. The molecular formula is C12H24N4O2. The van der Waals surface area contributed by atoms with E-state index in [1.165, 1.54) is 25.7 Å². The lowest BCUT2D eigenvalue weighted by atomic mass is 10.1. The average molecular weight is 256 g/mol. The highest BCUT2D eigenvalue weighted by Crippen LogP contribution is 2.21. The van der Waals surface area contributed by atoms with Gasteiger partial charge in [0.2, 0.25) is 5.91 Å².